The van der Waals surface area contributed by atoms with Crippen LogP contribution in [-0.2, 0) is 26.1 Å². The molecule has 0 aliphatic carbocycles. The number of carbonyl (C=O) groups excluding carboxylic acids is 1. The summed E-state index contributed by atoms with van der Waals surface area (Å²) in [4.78, 5) is 11.8. The van der Waals surface area contributed by atoms with E-state index in [4.69, 9.17) is 4.74 Å². The van der Waals surface area contributed by atoms with Gasteiger partial charge in [0.2, 0.25) is 10.0 Å². The van der Waals surface area contributed by atoms with Gasteiger partial charge >= 0.3 is 5.97 Å². The van der Waals surface area contributed by atoms with Crippen molar-refractivity contribution in [3.8, 4) is 5.75 Å². The van der Waals surface area contributed by atoms with E-state index in [1.54, 1.807) is 42.5 Å². The molecule has 7 nitrogen and oxygen atoms in total. The van der Waals surface area contributed by atoms with Gasteiger partial charge in [0.05, 0.1) is 25.2 Å². The van der Waals surface area contributed by atoms with Crippen molar-refractivity contribution in [3.05, 3.63) is 71.3 Å². The number of esters is 1. The van der Waals surface area contributed by atoms with Gasteiger partial charge < -0.3 is 14.6 Å². The molecule has 30 heavy (non-hydrogen) atoms. The first-order valence-corrected chi connectivity index (χ1v) is 10.9. The third-order valence-electron chi connectivity index (χ3n) is 5.16. The molecule has 1 aliphatic heterocycles. The molecule has 3 rings (SSSR count). The van der Waals surface area contributed by atoms with Gasteiger partial charge in [-0.2, -0.15) is 4.31 Å². The quantitative estimate of drug-likeness (QED) is 0.577. The molecule has 0 aromatic heterocycles. The summed E-state index contributed by atoms with van der Waals surface area (Å²) < 4.78 is 37.9. The van der Waals surface area contributed by atoms with Crippen LogP contribution in [0.15, 0.2) is 59.5 Å². The normalized spacial score (nSPS) is 19.9. The standard InChI is InChI=1S/C22H25NO6S/c1-15-7-9-17(10-8-15)30(26,27)23-13-16-5-4-6-20(28-2)22(16)18(19(24)14-23)11-12-21(25)29-3/h4-12,18-19,24H,13-14H2,1-3H3/b12-11+. The number of benzene rings is 2. The van der Waals surface area contributed by atoms with Crippen LogP contribution in [0.3, 0.4) is 0 Å². The number of fused-ring (bicyclic) bond motifs is 1. The summed E-state index contributed by atoms with van der Waals surface area (Å²) in [6.45, 7) is 1.82. The SMILES string of the molecule is COC(=O)/C=C/C1c2c(cccc2OC)CN(S(=O)(=O)c2ccc(C)cc2)CC1O. The highest BCUT2D eigenvalue weighted by molar-refractivity contribution is 7.89. The Morgan fingerprint density at radius 3 is 2.50 bits per heavy atom. The summed E-state index contributed by atoms with van der Waals surface area (Å²) in [6, 6.07) is 11.9. The van der Waals surface area contributed by atoms with Crippen molar-refractivity contribution in [3.63, 3.8) is 0 Å². The topological polar surface area (TPSA) is 93.1 Å². The fourth-order valence-electron chi connectivity index (χ4n) is 3.57. The molecule has 8 heteroatoms. The first kappa shape index (κ1) is 22.0. The van der Waals surface area contributed by atoms with E-state index in [9.17, 15) is 18.3 Å². The summed E-state index contributed by atoms with van der Waals surface area (Å²) >= 11 is 0. The van der Waals surface area contributed by atoms with Gasteiger partial charge in [-0.1, -0.05) is 35.9 Å². The third-order valence-corrected chi connectivity index (χ3v) is 6.99. The number of rotatable bonds is 5. The number of aryl methyl sites for hydroxylation is 1. The molecule has 0 bridgehead atoms. The molecule has 2 unspecified atom stereocenters. The zero-order valence-corrected chi connectivity index (χ0v) is 17.9. The average molecular weight is 432 g/mol. The Labute approximate surface area is 176 Å². The summed E-state index contributed by atoms with van der Waals surface area (Å²) in [5.41, 5.74) is 2.29. The highest BCUT2D eigenvalue weighted by Gasteiger charge is 2.36. The minimum atomic E-state index is -3.84. The minimum absolute atomic E-state index is 0.0718. The molecule has 2 atom stereocenters. The molecular weight excluding hydrogens is 406 g/mol. The Morgan fingerprint density at radius 2 is 1.87 bits per heavy atom. The van der Waals surface area contributed by atoms with Gasteiger partial charge in [0.25, 0.3) is 0 Å². The predicted molar refractivity (Wildman–Crippen MR) is 112 cm³/mol. The number of aliphatic hydroxyl groups excluding tert-OH is 1. The molecule has 0 amide bonds. The molecule has 0 spiro atoms. The second-order valence-electron chi connectivity index (χ2n) is 7.12. The molecule has 1 heterocycles. The number of carbonyl (C=O) groups is 1. The average Bonchev–Trinajstić information content (AvgIpc) is 2.88. The van der Waals surface area contributed by atoms with Gasteiger partial charge in [-0.3, -0.25) is 0 Å². The fourth-order valence-corrected chi connectivity index (χ4v) is 5.01. The second kappa shape index (κ2) is 8.99. The van der Waals surface area contributed by atoms with Gasteiger partial charge in [0.1, 0.15) is 5.75 Å². The molecule has 0 saturated carbocycles. The van der Waals surface area contributed by atoms with Crippen molar-refractivity contribution in [1.82, 2.24) is 4.31 Å². The molecule has 1 aliphatic rings. The number of aliphatic hydroxyl groups is 1. The van der Waals surface area contributed by atoms with E-state index >= 15 is 0 Å². The van der Waals surface area contributed by atoms with Gasteiger partial charge in [0, 0.05) is 30.6 Å². The Balaban J connectivity index is 2.08. The molecule has 2 aromatic rings. The summed E-state index contributed by atoms with van der Waals surface area (Å²) in [5.74, 6) is -0.693. The third kappa shape index (κ3) is 4.40. The molecule has 1 N–H and O–H groups in total. The van der Waals surface area contributed by atoms with Gasteiger partial charge in [-0.05, 0) is 30.7 Å². The first-order valence-electron chi connectivity index (χ1n) is 9.44. The summed E-state index contributed by atoms with van der Waals surface area (Å²) in [7, 11) is -1.07. The van der Waals surface area contributed by atoms with Crippen molar-refractivity contribution >= 4 is 16.0 Å². The lowest BCUT2D eigenvalue weighted by atomic mass is 9.89. The largest absolute Gasteiger partial charge is 0.496 e. The van der Waals surface area contributed by atoms with Crippen LogP contribution in [0.2, 0.25) is 0 Å². The molecule has 160 valence electrons. The number of hydrogen-bond donors (Lipinski definition) is 1. The first-order chi connectivity index (χ1) is 14.3. The van der Waals surface area contributed by atoms with Crippen molar-refractivity contribution in [2.75, 3.05) is 20.8 Å². The van der Waals surface area contributed by atoms with E-state index < -0.39 is 28.0 Å². The highest BCUT2D eigenvalue weighted by atomic mass is 32.2. The van der Waals surface area contributed by atoms with Crippen LogP contribution in [0.5, 0.6) is 5.75 Å². The lowest BCUT2D eigenvalue weighted by molar-refractivity contribution is -0.134. The van der Waals surface area contributed by atoms with Crippen LogP contribution in [0.4, 0.5) is 0 Å². The van der Waals surface area contributed by atoms with Crippen LogP contribution in [0.25, 0.3) is 0 Å². The number of sulfonamides is 1. The van der Waals surface area contributed by atoms with E-state index in [0.717, 1.165) is 5.56 Å². The second-order valence-corrected chi connectivity index (χ2v) is 9.06. The lowest BCUT2D eigenvalue weighted by Crippen LogP contribution is -2.36. The van der Waals surface area contributed by atoms with E-state index in [2.05, 4.69) is 4.74 Å². The van der Waals surface area contributed by atoms with E-state index in [1.807, 2.05) is 6.92 Å². The van der Waals surface area contributed by atoms with Crippen LogP contribution in [-0.4, -0.2) is 50.7 Å². The minimum Gasteiger partial charge on any atom is -0.496 e. The van der Waals surface area contributed by atoms with Crippen LogP contribution in [0.1, 0.15) is 22.6 Å². The molecule has 0 saturated heterocycles. The van der Waals surface area contributed by atoms with Crippen LogP contribution in [0, 0.1) is 6.92 Å². The van der Waals surface area contributed by atoms with Gasteiger partial charge in [0.15, 0.2) is 0 Å². The predicted octanol–water partition coefficient (Wildman–Crippen LogP) is 2.38. The van der Waals surface area contributed by atoms with Crippen molar-refractivity contribution < 1.29 is 27.8 Å². The molecule has 2 aromatic carbocycles. The Bertz CT molecular complexity index is 1050. The van der Waals surface area contributed by atoms with Gasteiger partial charge in [-0.25, -0.2) is 13.2 Å². The van der Waals surface area contributed by atoms with Crippen molar-refractivity contribution in [1.29, 1.82) is 0 Å². The number of nitrogens with zero attached hydrogens (tertiary/aromatic N) is 1. The van der Waals surface area contributed by atoms with Crippen LogP contribution >= 0.6 is 0 Å². The maximum absolute atomic E-state index is 13.3. The zero-order valence-electron chi connectivity index (χ0n) is 17.1. The summed E-state index contributed by atoms with van der Waals surface area (Å²) in [5, 5.41) is 11.0. The molecule has 0 radical (unpaired) electrons. The molecule has 0 fully saturated rings. The smallest absolute Gasteiger partial charge is 0.330 e. The Hall–Kier alpha value is -2.68. The maximum atomic E-state index is 13.3. The van der Waals surface area contributed by atoms with E-state index in [0.29, 0.717) is 16.9 Å². The van der Waals surface area contributed by atoms with Crippen molar-refractivity contribution in [2.24, 2.45) is 0 Å². The number of methoxy groups -OCH3 is 2. The molecular formula is C22H25NO6S. The maximum Gasteiger partial charge on any atom is 0.330 e. The van der Waals surface area contributed by atoms with Crippen LogP contribution < -0.4 is 4.74 Å². The van der Waals surface area contributed by atoms with Gasteiger partial charge in [-0.15, -0.1) is 0 Å². The lowest BCUT2D eigenvalue weighted by Gasteiger charge is -2.23. The Morgan fingerprint density at radius 1 is 1.17 bits per heavy atom. The monoisotopic (exact) mass is 431 g/mol. The van der Waals surface area contributed by atoms with E-state index in [-0.39, 0.29) is 18.0 Å². The highest BCUT2D eigenvalue weighted by Crippen LogP contribution is 2.38. The zero-order chi connectivity index (χ0) is 21.9. The fraction of sp³-hybridized carbons (Fsp3) is 0.318. The summed E-state index contributed by atoms with van der Waals surface area (Å²) in [6.07, 6.45) is 1.66. The number of β-amino-alcohol motifs (C(OH)–C–C–N with tert-alkyl or cyclic N) is 1. The van der Waals surface area contributed by atoms with E-state index in [1.165, 1.54) is 30.7 Å². The number of ether oxygens (including phenoxy) is 2. The Kier molecular flexibility index (Phi) is 6.60. The van der Waals surface area contributed by atoms with Crippen molar-refractivity contribution in [2.45, 2.75) is 30.4 Å². The number of hydrogen-bond acceptors (Lipinski definition) is 6.